The van der Waals surface area contributed by atoms with E-state index in [9.17, 15) is 4.79 Å². The number of allylic oxidation sites excluding steroid dienone is 1. The van der Waals surface area contributed by atoms with E-state index in [1.807, 2.05) is 36.6 Å². The average Bonchev–Trinajstić information content (AvgIpc) is 2.44. The molecular formula is C10H8OS. The quantitative estimate of drug-likeness (QED) is 0.654. The van der Waals surface area contributed by atoms with Crippen molar-refractivity contribution in [2.45, 2.75) is 0 Å². The summed E-state index contributed by atoms with van der Waals surface area (Å²) in [5.41, 5.74) is 1.88. The highest BCUT2D eigenvalue weighted by atomic mass is 32.2. The van der Waals surface area contributed by atoms with Crippen molar-refractivity contribution in [1.82, 2.24) is 0 Å². The van der Waals surface area contributed by atoms with Crippen LogP contribution in [-0.2, 0) is 0 Å². The summed E-state index contributed by atoms with van der Waals surface area (Å²) in [5.74, 6) is 0.165. The summed E-state index contributed by atoms with van der Waals surface area (Å²) in [6, 6.07) is 7.69. The van der Waals surface area contributed by atoms with Crippen LogP contribution in [0.25, 0.3) is 6.08 Å². The molecule has 0 N–H and O–H groups in total. The number of carbonyl (C=O) groups excluding carboxylic acids is 1. The first-order chi connectivity index (χ1) is 5.83. The van der Waals surface area contributed by atoms with Crippen molar-refractivity contribution in [2.75, 3.05) is 6.26 Å². The fourth-order valence-electron chi connectivity index (χ4n) is 1.32. The van der Waals surface area contributed by atoms with Crippen LogP contribution in [0, 0.1) is 0 Å². The van der Waals surface area contributed by atoms with Gasteiger partial charge in [0.1, 0.15) is 0 Å². The minimum atomic E-state index is 0.165. The number of fused-ring (bicyclic) bond motifs is 1. The zero-order valence-electron chi connectivity index (χ0n) is 6.70. The van der Waals surface area contributed by atoms with Crippen LogP contribution in [0.4, 0.5) is 0 Å². The van der Waals surface area contributed by atoms with Gasteiger partial charge in [0.2, 0.25) is 0 Å². The molecule has 0 heterocycles. The zero-order valence-corrected chi connectivity index (χ0v) is 7.52. The highest BCUT2D eigenvalue weighted by Gasteiger charge is 2.20. The fourth-order valence-corrected chi connectivity index (χ4v) is 1.86. The Kier molecular flexibility index (Phi) is 1.77. The molecule has 0 aliphatic heterocycles. The maximum Gasteiger partial charge on any atom is 0.199 e. The van der Waals surface area contributed by atoms with Gasteiger partial charge in [0, 0.05) is 5.56 Å². The number of Topliss-reactive ketones (excluding diaryl/α,β-unsaturated/α-hetero) is 1. The molecule has 0 amide bonds. The van der Waals surface area contributed by atoms with Crippen LogP contribution in [0.2, 0.25) is 0 Å². The second-order valence-electron chi connectivity index (χ2n) is 2.63. The number of hydrogen-bond donors (Lipinski definition) is 0. The van der Waals surface area contributed by atoms with Crippen LogP contribution in [0.3, 0.4) is 0 Å². The Morgan fingerprint density at radius 1 is 1.25 bits per heavy atom. The molecule has 0 aromatic heterocycles. The maximum absolute atomic E-state index is 11.5. The summed E-state index contributed by atoms with van der Waals surface area (Å²) >= 11 is 1.51. The van der Waals surface area contributed by atoms with Crippen LogP contribution in [0.1, 0.15) is 15.9 Å². The molecule has 12 heavy (non-hydrogen) atoms. The molecule has 0 radical (unpaired) electrons. The van der Waals surface area contributed by atoms with Gasteiger partial charge in [-0.1, -0.05) is 24.3 Å². The number of ketones is 1. The van der Waals surface area contributed by atoms with Crippen molar-refractivity contribution in [3.63, 3.8) is 0 Å². The first kappa shape index (κ1) is 7.62. The van der Waals surface area contributed by atoms with Crippen LogP contribution < -0.4 is 0 Å². The van der Waals surface area contributed by atoms with E-state index in [2.05, 4.69) is 0 Å². The van der Waals surface area contributed by atoms with Crippen molar-refractivity contribution in [1.29, 1.82) is 0 Å². The third-order valence-corrected chi connectivity index (χ3v) is 2.68. The second-order valence-corrected chi connectivity index (χ2v) is 3.48. The van der Waals surface area contributed by atoms with E-state index < -0.39 is 0 Å². The van der Waals surface area contributed by atoms with Crippen molar-refractivity contribution in [3.05, 3.63) is 40.3 Å². The van der Waals surface area contributed by atoms with Crippen LogP contribution in [-0.4, -0.2) is 12.0 Å². The Morgan fingerprint density at radius 3 is 2.67 bits per heavy atom. The largest absolute Gasteiger partial charge is 0.288 e. The van der Waals surface area contributed by atoms with Crippen molar-refractivity contribution in [2.24, 2.45) is 0 Å². The number of benzene rings is 1. The van der Waals surface area contributed by atoms with Crippen LogP contribution in [0.5, 0.6) is 0 Å². The number of carbonyl (C=O) groups is 1. The molecule has 2 rings (SSSR count). The topological polar surface area (TPSA) is 17.1 Å². The minimum absolute atomic E-state index is 0.165. The molecule has 1 aliphatic carbocycles. The van der Waals surface area contributed by atoms with Gasteiger partial charge in [-0.05, 0) is 17.9 Å². The molecule has 1 aromatic carbocycles. The molecule has 0 fully saturated rings. The lowest BCUT2D eigenvalue weighted by Crippen LogP contribution is -1.94. The van der Waals surface area contributed by atoms with E-state index in [0.29, 0.717) is 0 Å². The van der Waals surface area contributed by atoms with Crippen LogP contribution in [0.15, 0.2) is 29.2 Å². The molecule has 0 unspecified atom stereocenters. The van der Waals surface area contributed by atoms with Gasteiger partial charge in [-0.15, -0.1) is 11.8 Å². The van der Waals surface area contributed by atoms with Gasteiger partial charge in [-0.3, -0.25) is 4.79 Å². The van der Waals surface area contributed by atoms with E-state index in [1.165, 1.54) is 11.8 Å². The van der Waals surface area contributed by atoms with Crippen LogP contribution >= 0.6 is 11.8 Å². The summed E-state index contributed by atoms with van der Waals surface area (Å²) in [4.78, 5) is 12.4. The normalized spacial score (nSPS) is 14.4. The van der Waals surface area contributed by atoms with Gasteiger partial charge in [-0.25, -0.2) is 0 Å². The molecule has 1 aliphatic rings. The highest BCUT2D eigenvalue weighted by molar-refractivity contribution is 8.03. The van der Waals surface area contributed by atoms with E-state index in [0.717, 1.165) is 16.0 Å². The fraction of sp³-hybridized carbons (Fsp3) is 0.100. The molecule has 0 atom stereocenters. The molecule has 2 heteroatoms. The van der Waals surface area contributed by atoms with E-state index in [-0.39, 0.29) is 5.78 Å². The Morgan fingerprint density at radius 2 is 2.00 bits per heavy atom. The summed E-state index contributed by atoms with van der Waals surface area (Å²) in [5, 5.41) is 0. The highest BCUT2D eigenvalue weighted by Crippen LogP contribution is 2.29. The third-order valence-electron chi connectivity index (χ3n) is 1.94. The molecule has 0 spiro atoms. The molecule has 1 nitrogen and oxygen atoms in total. The monoisotopic (exact) mass is 176 g/mol. The van der Waals surface area contributed by atoms with Gasteiger partial charge >= 0.3 is 0 Å². The molecule has 60 valence electrons. The van der Waals surface area contributed by atoms with E-state index in [1.54, 1.807) is 0 Å². The van der Waals surface area contributed by atoms with Gasteiger partial charge in [0.25, 0.3) is 0 Å². The van der Waals surface area contributed by atoms with E-state index >= 15 is 0 Å². The lowest BCUT2D eigenvalue weighted by atomic mass is 10.1. The van der Waals surface area contributed by atoms with Gasteiger partial charge in [-0.2, -0.15) is 0 Å². The van der Waals surface area contributed by atoms with Crippen molar-refractivity contribution in [3.8, 4) is 0 Å². The third kappa shape index (κ3) is 0.994. The number of hydrogen-bond acceptors (Lipinski definition) is 2. The lowest BCUT2D eigenvalue weighted by Gasteiger charge is -1.94. The molecular weight excluding hydrogens is 168 g/mol. The summed E-state index contributed by atoms with van der Waals surface area (Å²) in [6.45, 7) is 0. The molecule has 0 saturated carbocycles. The van der Waals surface area contributed by atoms with E-state index in [4.69, 9.17) is 0 Å². The van der Waals surface area contributed by atoms with Gasteiger partial charge < -0.3 is 0 Å². The SMILES string of the molecule is CSC1=Cc2ccccc2C1=O. The standard InChI is InChI=1S/C10H8OS/c1-12-9-6-7-4-2-3-5-8(7)10(9)11/h2-6H,1H3. The lowest BCUT2D eigenvalue weighted by molar-refractivity contribution is 0.104. The number of thioether (sulfide) groups is 1. The minimum Gasteiger partial charge on any atom is -0.288 e. The van der Waals surface area contributed by atoms with Gasteiger partial charge in [0.05, 0.1) is 4.91 Å². The molecule has 0 bridgehead atoms. The predicted molar refractivity (Wildman–Crippen MR) is 52.3 cm³/mol. The van der Waals surface area contributed by atoms with Gasteiger partial charge in [0.15, 0.2) is 5.78 Å². The second kappa shape index (κ2) is 2.79. The Hall–Kier alpha value is -1.02. The summed E-state index contributed by atoms with van der Waals surface area (Å²) < 4.78 is 0. The average molecular weight is 176 g/mol. The predicted octanol–water partition coefficient (Wildman–Crippen LogP) is 2.59. The summed E-state index contributed by atoms with van der Waals surface area (Å²) in [6.07, 6.45) is 3.87. The van der Waals surface area contributed by atoms with Crippen molar-refractivity contribution >= 4 is 23.6 Å². The zero-order chi connectivity index (χ0) is 8.55. The Bertz CT molecular complexity index is 366. The first-order valence-electron chi connectivity index (χ1n) is 3.72. The smallest absolute Gasteiger partial charge is 0.199 e. The summed E-state index contributed by atoms with van der Waals surface area (Å²) in [7, 11) is 0. The Balaban J connectivity index is 2.54. The Labute approximate surface area is 75.5 Å². The molecule has 1 aromatic rings. The molecule has 0 saturated heterocycles. The first-order valence-corrected chi connectivity index (χ1v) is 4.95. The van der Waals surface area contributed by atoms with Crippen molar-refractivity contribution < 1.29 is 4.79 Å². The maximum atomic E-state index is 11.5. The number of rotatable bonds is 1.